The van der Waals surface area contributed by atoms with Crippen LogP contribution in [0.3, 0.4) is 0 Å². The second-order valence-corrected chi connectivity index (χ2v) is 6.35. The van der Waals surface area contributed by atoms with E-state index in [-0.39, 0.29) is 6.61 Å². The van der Waals surface area contributed by atoms with Gasteiger partial charge in [0.25, 0.3) is 10.1 Å². The summed E-state index contributed by atoms with van der Waals surface area (Å²) < 4.78 is 26.2. The molecule has 5 heteroatoms. The Kier molecular flexibility index (Phi) is 4.49. The smallest absolute Gasteiger partial charge is 0.264 e. The third-order valence-electron chi connectivity index (χ3n) is 2.64. The Morgan fingerprint density at radius 2 is 1.83 bits per heavy atom. The summed E-state index contributed by atoms with van der Waals surface area (Å²) in [5, 5.41) is 9.01. The van der Waals surface area contributed by atoms with Crippen LogP contribution in [0.5, 0.6) is 0 Å². The number of benzene rings is 1. The van der Waals surface area contributed by atoms with Crippen LogP contribution in [0.2, 0.25) is 0 Å². The minimum Gasteiger partial charge on any atom is -0.270 e. The summed E-state index contributed by atoms with van der Waals surface area (Å²) in [4.78, 5) is 0. The molecule has 0 fully saturated rings. The first kappa shape index (κ1) is 14.7. The Hall–Kier alpha value is -1.38. The average Bonchev–Trinajstić information content (AvgIpc) is 2.28. The first-order valence-corrected chi connectivity index (χ1v) is 7.41. The molecule has 98 valence electrons. The predicted molar refractivity (Wildman–Crippen MR) is 69.6 cm³/mol. The minimum absolute atomic E-state index is 0.139. The Balaban J connectivity index is 2.65. The normalized spacial score (nSPS) is 12.1. The van der Waals surface area contributed by atoms with Crippen LogP contribution >= 0.6 is 0 Å². The van der Waals surface area contributed by atoms with E-state index in [1.54, 1.807) is 0 Å². The fourth-order valence-electron chi connectivity index (χ4n) is 1.46. The van der Waals surface area contributed by atoms with Gasteiger partial charge >= 0.3 is 0 Å². The van der Waals surface area contributed by atoms with Gasteiger partial charge < -0.3 is 0 Å². The van der Waals surface area contributed by atoms with Gasteiger partial charge in [-0.3, -0.25) is 4.18 Å². The standard InChI is InChI=1S/C13H17NO3S/c1-13(2,10-14)12-6-4-11(5-7-12)8-9-17-18(3,15)16/h4-7H,8-9H2,1-3H3. The largest absolute Gasteiger partial charge is 0.270 e. The number of nitriles is 1. The molecule has 0 aliphatic carbocycles. The first-order chi connectivity index (χ1) is 8.24. The van der Waals surface area contributed by atoms with E-state index in [9.17, 15) is 8.42 Å². The summed E-state index contributed by atoms with van der Waals surface area (Å²) >= 11 is 0. The summed E-state index contributed by atoms with van der Waals surface area (Å²) in [5.74, 6) is 0. The van der Waals surface area contributed by atoms with Crippen molar-refractivity contribution < 1.29 is 12.6 Å². The van der Waals surface area contributed by atoms with Gasteiger partial charge in [-0.25, -0.2) is 0 Å². The molecule has 1 aromatic carbocycles. The van der Waals surface area contributed by atoms with Crippen LogP contribution in [-0.4, -0.2) is 21.3 Å². The fraction of sp³-hybridized carbons (Fsp3) is 0.462. The van der Waals surface area contributed by atoms with Gasteiger partial charge in [0.2, 0.25) is 0 Å². The van der Waals surface area contributed by atoms with Crippen molar-refractivity contribution in [3.63, 3.8) is 0 Å². The molecule has 0 aliphatic heterocycles. The SMILES string of the molecule is CC(C)(C#N)c1ccc(CCOS(C)(=O)=O)cc1. The van der Waals surface area contributed by atoms with Gasteiger partial charge in [0, 0.05) is 0 Å². The molecule has 0 N–H and O–H groups in total. The van der Waals surface area contributed by atoms with E-state index < -0.39 is 15.5 Å². The minimum atomic E-state index is -3.37. The molecule has 0 saturated carbocycles. The van der Waals surface area contributed by atoms with Gasteiger partial charge in [0.15, 0.2) is 0 Å². The summed E-state index contributed by atoms with van der Waals surface area (Å²) in [6.45, 7) is 3.85. The van der Waals surface area contributed by atoms with Crippen LogP contribution < -0.4 is 0 Å². The van der Waals surface area contributed by atoms with E-state index in [1.807, 2.05) is 38.1 Å². The van der Waals surface area contributed by atoms with E-state index >= 15 is 0 Å². The molecular weight excluding hydrogens is 250 g/mol. The molecule has 18 heavy (non-hydrogen) atoms. The molecule has 0 bridgehead atoms. The fourth-order valence-corrected chi connectivity index (χ4v) is 1.85. The van der Waals surface area contributed by atoms with Gasteiger partial charge in [0.05, 0.1) is 24.3 Å². The van der Waals surface area contributed by atoms with Crippen molar-refractivity contribution in [2.75, 3.05) is 12.9 Å². The molecule has 0 amide bonds. The van der Waals surface area contributed by atoms with Gasteiger partial charge in [-0.1, -0.05) is 24.3 Å². The van der Waals surface area contributed by atoms with E-state index in [2.05, 4.69) is 10.3 Å². The number of hydrogen-bond acceptors (Lipinski definition) is 4. The van der Waals surface area contributed by atoms with Crippen molar-refractivity contribution in [2.24, 2.45) is 0 Å². The van der Waals surface area contributed by atoms with Crippen molar-refractivity contribution in [3.8, 4) is 6.07 Å². The average molecular weight is 267 g/mol. The van der Waals surface area contributed by atoms with Crippen molar-refractivity contribution in [3.05, 3.63) is 35.4 Å². The van der Waals surface area contributed by atoms with Crippen molar-refractivity contribution >= 4 is 10.1 Å². The van der Waals surface area contributed by atoms with Crippen LogP contribution in [0.4, 0.5) is 0 Å². The maximum Gasteiger partial charge on any atom is 0.264 e. The highest BCUT2D eigenvalue weighted by Crippen LogP contribution is 2.22. The lowest BCUT2D eigenvalue weighted by Crippen LogP contribution is -2.13. The van der Waals surface area contributed by atoms with E-state index in [4.69, 9.17) is 5.26 Å². The molecule has 1 rings (SSSR count). The molecule has 1 aromatic rings. The van der Waals surface area contributed by atoms with Crippen LogP contribution in [0, 0.1) is 11.3 Å². The zero-order chi connectivity index (χ0) is 13.8. The molecular formula is C13H17NO3S. The highest BCUT2D eigenvalue weighted by molar-refractivity contribution is 7.85. The third-order valence-corrected chi connectivity index (χ3v) is 3.24. The van der Waals surface area contributed by atoms with Crippen molar-refractivity contribution in [1.82, 2.24) is 0 Å². The molecule has 4 nitrogen and oxygen atoms in total. The topological polar surface area (TPSA) is 67.2 Å². The number of hydrogen-bond donors (Lipinski definition) is 0. The second-order valence-electron chi connectivity index (χ2n) is 4.71. The lowest BCUT2D eigenvalue weighted by atomic mass is 9.86. The van der Waals surface area contributed by atoms with Crippen LogP contribution in [0.15, 0.2) is 24.3 Å². The maximum absolute atomic E-state index is 10.8. The van der Waals surface area contributed by atoms with Crippen LogP contribution in [-0.2, 0) is 26.1 Å². The molecule has 0 spiro atoms. The lowest BCUT2D eigenvalue weighted by Gasteiger charge is -2.15. The molecule has 0 aliphatic rings. The molecule has 0 unspecified atom stereocenters. The van der Waals surface area contributed by atoms with E-state index in [1.165, 1.54) is 0 Å². The third kappa shape index (κ3) is 4.47. The zero-order valence-electron chi connectivity index (χ0n) is 10.8. The molecule has 0 aromatic heterocycles. The summed E-state index contributed by atoms with van der Waals surface area (Å²) in [6, 6.07) is 9.79. The Labute approximate surface area is 108 Å². The highest BCUT2D eigenvalue weighted by atomic mass is 32.2. The van der Waals surface area contributed by atoms with Gasteiger partial charge in [-0.05, 0) is 31.4 Å². The molecule has 0 radical (unpaired) electrons. The second kappa shape index (κ2) is 5.51. The number of nitrogens with zero attached hydrogens (tertiary/aromatic N) is 1. The van der Waals surface area contributed by atoms with Gasteiger partial charge in [0.1, 0.15) is 0 Å². The Morgan fingerprint density at radius 3 is 2.28 bits per heavy atom. The zero-order valence-corrected chi connectivity index (χ0v) is 11.6. The Bertz CT molecular complexity index is 539. The van der Waals surface area contributed by atoms with Crippen LogP contribution in [0.25, 0.3) is 0 Å². The van der Waals surface area contributed by atoms with E-state index in [0.717, 1.165) is 17.4 Å². The quantitative estimate of drug-likeness (QED) is 0.765. The summed E-state index contributed by atoms with van der Waals surface area (Å²) in [6.07, 6.45) is 1.56. The predicted octanol–water partition coefficient (Wildman–Crippen LogP) is 2.01. The first-order valence-electron chi connectivity index (χ1n) is 5.60. The lowest BCUT2D eigenvalue weighted by molar-refractivity contribution is 0.326. The molecule has 0 saturated heterocycles. The summed E-state index contributed by atoms with van der Waals surface area (Å²) in [5.41, 5.74) is 1.41. The maximum atomic E-state index is 10.8. The monoisotopic (exact) mass is 267 g/mol. The molecule has 0 atom stereocenters. The van der Waals surface area contributed by atoms with Crippen molar-refractivity contribution in [2.45, 2.75) is 25.7 Å². The van der Waals surface area contributed by atoms with E-state index in [0.29, 0.717) is 6.42 Å². The van der Waals surface area contributed by atoms with Crippen LogP contribution in [0.1, 0.15) is 25.0 Å². The highest BCUT2D eigenvalue weighted by Gasteiger charge is 2.18. The molecule has 0 heterocycles. The van der Waals surface area contributed by atoms with Crippen molar-refractivity contribution in [1.29, 1.82) is 5.26 Å². The van der Waals surface area contributed by atoms with Gasteiger partial charge in [-0.2, -0.15) is 13.7 Å². The summed E-state index contributed by atoms with van der Waals surface area (Å²) in [7, 11) is -3.37. The Morgan fingerprint density at radius 1 is 1.28 bits per heavy atom. The number of rotatable bonds is 5. The van der Waals surface area contributed by atoms with Gasteiger partial charge in [-0.15, -0.1) is 0 Å².